The molecule has 2 aromatic heterocycles. The van der Waals surface area contributed by atoms with E-state index in [1.807, 2.05) is 60.0 Å². The number of amides is 1. The minimum Gasteiger partial charge on any atom is -0.315 e. The van der Waals surface area contributed by atoms with Crippen molar-refractivity contribution >= 4 is 29.1 Å². The van der Waals surface area contributed by atoms with Crippen LogP contribution in [0, 0.1) is 6.92 Å². The van der Waals surface area contributed by atoms with E-state index in [1.54, 1.807) is 30.4 Å². The van der Waals surface area contributed by atoms with Crippen LogP contribution in [0.15, 0.2) is 72.1 Å². The lowest BCUT2D eigenvalue weighted by molar-refractivity contribution is -0.117. The average Bonchev–Trinajstić information content (AvgIpc) is 3.38. The zero-order valence-corrected chi connectivity index (χ0v) is 19.0. The topological polar surface area (TPSA) is 81.0 Å². The molecule has 0 N–H and O–H groups in total. The number of pyridine rings is 1. The molecule has 0 saturated carbocycles. The summed E-state index contributed by atoms with van der Waals surface area (Å²) >= 11 is 1.35. The monoisotopic (exact) mass is 455 g/mol. The third-order valence-electron chi connectivity index (χ3n) is 5.72. The fourth-order valence-corrected chi connectivity index (χ4v) is 4.77. The summed E-state index contributed by atoms with van der Waals surface area (Å²) in [5.74, 6) is 0.899. The molecule has 1 amide bonds. The van der Waals surface area contributed by atoms with Crippen LogP contribution in [-0.4, -0.2) is 44.2 Å². The standard InChI is InChI=1S/C25H21N5O2S/c1-16-6-3-4-8-20(16)30-24(18-7-5-11-26-14-18)27-28-25(30)33-15-22(31)17-9-10-21-19(12-17)13-23(32)29(21)2/h3-12,14H,13,15H2,1-2H3. The number of aromatic nitrogens is 4. The summed E-state index contributed by atoms with van der Waals surface area (Å²) in [7, 11) is 1.75. The molecular weight excluding hydrogens is 434 g/mol. The molecule has 1 aliphatic heterocycles. The Hall–Kier alpha value is -3.78. The van der Waals surface area contributed by atoms with Gasteiger partial charge in [-0.25, -0.2) is 0 Å². The summed E-state index contributed by atoms with van der Waals surface area (Å²) in [4.78, 5) is 30.8. The Morgan fingerprint density at radius 2 is 1.91 bits per heavy atom. The number of rotatable bonds is 6. The lowest BCUT2D eigenvalue weighted by atomic mass is 10.1. The molecule has 2 aromatic carbocycles. The first-order valence-electron chi connectivity index (χ1n) is 10.5. The molecule has 0 unspecified atom stereocenters. The van der Waals surface area contributed by atoms with Crippen LogP contribution in [0.2, 0.25) is 0 Å². The van der Waals surface area contributed by atoms with E-state index in [0.717, 1.165) is 28.1 Å². The van der Waals surface area contributed by atoms with E-state index in [1.165, 1.54) is 11.8 Å². The van der Waals surface area contributed by atoms with Crippen molar-refractivity contribution in [1.29, 1.82) is 0 Å². The van der Waals surface area contributed by atoms with E-state index in [4.69, 9.17) is 0 Å². The van der Waals surface area contributed by atoms with E-state index >= 15 is 0 Å². The molecular formula is C25H21N5O2S. The number of fused-ring (bicyclic) bond motifs is 1. The van der Waals surface area contributed by atoms with E-state index in [2.05, 4.69) is 15.2 Å². The lowest BCUT2D eigenvalue weighted by Gasteiger charge is -2.13. The first-order chi connectivity index (χ1) is 16.0. The molecule has 0 aliphatic carbocycles. The van der Waals surface area contributed by atoms with Gasteiger partial charge in [-0.1, -0.05) is 30.0 Å². The van der Waals surface area contributed by atoms with Crippen molar-refractivity contribution in [2.75, 3.05) is 17.7 Å². The second-order valence-corrected chi connectivity index (χ2v) is 8.80. The van der Waals surface area contributed by atoms with Gasteiger partial charge in [0.15, 0.2) is 16.8 Å². The second kappa shape index (κ2) is 8.63. The predicted molar refractivity (Wildman–Crippen MR) is 128 cm³/mol. The van der Waals surface area contributed by atoms with Crippen LogP contribution >= 0.6 is 11.8 Å². The molecule has 7 nitrogen and oxygen atoms in total. The van der Waals surface area contributed by atoms with Crippen molar-refractivity contribution in [2.24, 2.45) is 0 Å². The summed E-state index contributed by atoms with van der Waals surface area (Å²) in [6.45, 7) is 2.03. The van der Waals surface area contributed by atoms with E-state index < -0.39 is 0 Å². The van der Waals surface area contributed by atoms with Gasteiger partial charge in [0.25, 0.3) is 0 Å². The number of aryl methyl sites for hydroxylation is 1. The maximum Gasteiger partial charge on any atom is 0.231 e. The highest BCUT2D eigenvalue weighted by molar-refractivity contribution is 7.99. The predicted octanol–water partition coefficient (Wildman–Crippen LogP) is 4.13. The van der Waals surface area contributed by atoms with Crippen LogP contribution in [0.4, 0.5) is 5.69 Å². The number of ketones is 1. The SMILES string of the molecule is Cc1ccccc1-n1c(SCC(=O)c2ccc3c(c2)CC(=O)N3C)nnc1-c1cccnc1. The summed E-state index contributed by atoms with van der Waals surface area (Å²) in [6.07, 6.45) is 3.80. The number of anilines is 1. The first-order valence-corrected chi connectivity index (χ1v) is 11.5. The third kappa shape index (κ3) is 3.93. The Bertz CT molecular complexity index is 1370. The zero-order chi connectivity index (χ0) is 22.9. The number of benzene rings is 2. The second-order valence-electron chi connectivity index (χ2n) is 7.85. The van der Waals surface area contributed by atoms with Gasteiger partial charge in [0.05, 0.1) is 17.9 Å². The maximum absolute atomic E-state index is 13.0. The molecule has 3 heterocycles. The number of carbonyl (C=O) groups excluding carboxylic acids is 2. The molecule has 164 valence electrons. The summed E-state index contributed by atoms with van der Waals surface area (Å²) in [5.41, 5.74) is 5.22. The average molecular weight is 456 g/mol. The van der Waals surface area contributed by atoms with Crippen LogP contribution in [0.1, 0.15) is 21.5 Å². The normalized spacial score (nSPS) is 12.8. The molecule has 5 rings (SSSR count). The lowest BCUT2D eigenvalue weighted by Crippen LogP contribution is -2.20. The number of Topliss-reactive ketones (excluding diaryl/α,β-unsaturated/α-hetero) is 1. The molecule has 0 saturated heterocycles. The van der Waals surface area contributed by atoms with Crippen molar-refractivity contribution in [1.82, 2.24) is 19.7 Å². The van der Waals surface area contributed by atoms with E-state index in [-0.39, 0.29) is 17.4 Å². The molecule has 8 heteroatoms. The maximum atomic E-state index is 13.0. The van der Waals surface area contributed by atoms with Crippen molar-refractivity contribution in [3.63, 3.8) is 0 Å². The molecule has 4 aromatic rings. The van der Waals surface area contributed by atoms with Crippen LogP contribution in [-0.2, 0) is 11.2 Å². The number of hydrogen-bond donors (Lipinski definition) is 0. The van der Waals surface area contributed by atoms with Gasteiger partial charge in [-0.2, -0.15) is 0 Å². The molecule has 0 bridgehead atoms. The number of hydrogen-bond acceptors (Lipinski definition) is 6. The Labute approximate surface area is 195 Å². The fraction of sp³-hybridized carbons (Fsp3) is 0.160. The van der Waals surface area contributed by atoms with Gasteiger partial charge in [0, 0.05) is 36.3 Å². The number of carbonyl (C=O) groups is 2. The van der Waals surface area contributed by atoms with Gasteiger partial charge in [0.1, 0.15) is 0 Å². The molecule has 0 radical (unpaired) electrons. The van der Waals surface area contributed by atoms with Gasteiger partial charge in [-0.05, 0) is 54.4 Å². The largest absolute Gasteiger partial charge is 0.315 e. The van der Waals surface area contributed by atoms with Crippen molar-refractivity contribution in [3.05, 3.63) is 83.7 Å². The molecule has 1 aliphatic rings. The highest BCUT2D eigenvalue weighted by Gasteiger charge is 2.25. The van der Waals surface area contributed by atoms with Crippen molar-refractivity contribution in [3.8, 4) is 17.1 Å². The van der Waals surface area contributed by atoms with Crippen molar-refractivity contribution < 1.29 is 9.59 Å². The van der Waals surface area contributed by atoms with Crippen LogP contribution < -0.4 is 4.90 Å². The Morgan fingerprint density at radius 1 is 1.06 bits per heavy atom. The van der Waals surface area contributed by atoms with Gasteiger partial charge >= 0.3 is 0 Å². The number of thioether (sulfide) groups is 1. The highest BCUT2D eigenvalue weighted by Crippen LogP contribution is 2.31. The Balaban J connectivity index is 1.44. The first kappa shape index (κ1) is 21.1. The minimum atomic E-state index is -0.0212. The van der Waals surface area contributed by atoms with Crippen LogP contribution in [0.25, 0.3) is 17.1 Å². The van der Waals surface area contributed by atoms with Crippen LogP contribution in [0.3, 0.4) is 0 Å². The Kier molecular flexibility index (Phi) is 5.51. The number of nitrogens with zero attached hydrogens (tertiary/aromatic N) is 5. The molecule has 0 atom stereocenters. The number of likely N-dealkylation sites (N-methyl/N-ethyl adjacent to an activating group) is 1. The zero-order valence-electron chi connectivity index (χ0n) is 18.2. The number of para-hydroxylation sites is 1. The van der Waals surface area contributed by atoms with E-state index in [0.29, 0.717) is 23.0 Å². The third-order valence-corrected chi connectivity index (χ3v) is 6.65. The summed E-state index contributed by atoms with van der Waals surface area (Å²) in [6, 6.07) is 17.2. The van der Waals surface area contributed by atoms with Gasteiger partial charge in [0.2, 0.25) is 5.91 Å². The van der Waals surface area contributed by atoms with E-state index in [9.17, 15) is 9.59 Å². The highest BCUT2D eigenvalue weighted by atomic mass is 32.2. The van der Waals surface area contributed by atoms with Crippen molar-refractivity contribution in [2.45, 2.75) is 18.5 Å². The molecule has 0 spiro atoms. The smallest absolute Gasteiger partial charge is 0.231 e. The van der Waals surface area contributed by atoms with Gasteiger partial charge in [-0.3, -0.25) is 19.1 Å². The molecule has 0 fully saturated rings. The van der Waals surface area contributed by atoms with Crippen LogP contribution in [0.5, 0.6) is 0 Å². The quantitative estimate of drug-likeness (QED) is 0.321. The summed E-state index contributed by atoms with van der Waals surface area (Å²) in [5, 5.41) is 9.45. The van der Waals surface area contributed by atoms with Gasteiger partial charge < -0.3 is 4.90 Å². The van der Waals surface area contributed by atoms with Gasteiger partial charge in [-0.15, -0.1) is 10.2 Å². The summed E-state index contributed by atoms with van der Waals surface area (Å²) < 4.78 is 1.97. The fourth-order valence-electron chi connectivity index (χ4n) is 3.93. The molecule has 33 heavy (non-hydrogen) atoms. The Morgan fingerprint density at radius 3 is 2.70 bits per heavy atom. The minimum absolute atomic E-state index is 0.0212.